The van der Waals surface area contributed by atoms with E-state index < -0.39 is 12.0 Å². The van der Waals surface area contributed by atoms with Gasteiger partial charge < -0.3 is 10.4 Å². The second-order valence-electron chi connectivity index (χ2n) is 3.94. The van der Waals surface area contributed by atoms with E-state index in [-0.39, 0.29) is 5.91 Å². The molecule has 0 aliphatic heterocycles. The minimum absolute atomic E-state index is 0.325. The summed E-state index contributed by atoms with van der Waals surface area (Å²) in [6.45, 7) is 1.32. The molecule has 0 fully saturated rings. The van der Waals surface area contributed by atoms with Crippen LogP contribution in [0.25, 0.3) is 0 Å². The van der Waals surface area contributed by atoms with Crippen LogP contribution in [0.2, 0.25) is 0 Å². The van der Waals surface area contributed by atoms with Crippen molar-refractivity contribution in [1.82, 2.24) is 10.3 Å². The number of carboxylic acids is 1. The number of pyridine rings is 1. The van der Waals surface area contributed by atoms with Gasteiger partial charge in [-0.2, -0.15) is 11.8 Å². The zero-order valence-electron chi connectivity index (χ0n) is 10.4. The number of rotatable bonds is 7. The third-order valence-electron chi connectivity index (χ3n) is 2.26. The first-order valence-electron chi connectivity index (χ1n) is 5.66. The molecule has 1 atom stereocenters. The lowest BCUT2D eigenvalue weighted by Crippen LogP contribution is -2.39. The third-order valence-corrected chi connectivity index (χ3v) is 3.75. The summed E-state index contributed by atoms with van der Waals surface area (Å²) in [5.74, 6) is 0.0938. The van der Waals surface area contributed by atoms with Crippen LogP contribution in [0.5, 0.6) is 0 Å². The van der Waals surface area contributed by atoms with Crippen LogP contribution in [0.3, 0.4) is 0 Å². The Bertz CT molecular complexity index is 456. The quantitative estimate of drug-likeness (QED) is 0.738. The van der Waals surface area contributed by atoms with Gasteiger partial charge in [-0.25, -0.2) is 4.79 Å². The minimum Gasteiger partial charge on any atom is -0.480 e. The molecule has 5 nitrogen and oxygen atoms in total. The summed E-state index contributed by atoms with van der Waals surface area (Å²) < 4.78 is 0.923. The number of aromatic nitrogens is 1. The lowest BCUT2D eigenvalue weighted by Gasteiger charge is -2.12. The molecule has 0 aromatic carbocycles. The number of amides is 1. The Balaban J connectivity index is 2.32. The highest BCUT2D eigenvalue weighted by Gasteiger charge is 2.17. The van der Waals surface area contributed by atoms with Crippen LogP contribution in [0, 0.1) is 0 Å². The molecule has 1 amide bonds. The van der Waals surface area contributed by atoms with Crippen LogP contribution in [-0.4, -0.2) is 33.8 Å². The number of hydrogen-bond acceptors (Lipinski definition) is 4. The molecule has 1 rings (SSSR count). The molecule has 1 aromatic rings. The van der Waals surface area contributed by atoms with Gasteiger partial charge in [-0.1, -0.05) is 0 Å². The Hall–Kier alpha value is -1.08. The van der Waals surface area contributed by atoms with Crippen molar-refractivity contribution < 1.29 is 14.7 Å². The van der Waals surface area contributed by atoms with Crippen molar-refractivity contribution in [2.24, 2.45) is 0 Å². The molecule has 1 heterocycles. The number of nitrogens with one attached hydrogen (secondary N) is 1. The monoisotopic (exact) mass is 346 g/mol. The molecular weight excluding hydrogens is 332 g/mol. The second kappa shape index (κ2) is 8.16. The largest absolute Gasteiger partial charge is 0.480 e. The van der Waals surface area contributed by atoms with Crippen molar-refractivity contribution in [2.45, 2.75) is 25.1 Å². The van der Waals surface area contributed by atoms with Crippen LogP contribution in [0.4, 0.5) is 0 Å². The van der Waals surface area contributed by atoms with Gasteiger partial charge >= 0.3 is 5.97 Å². The molecule has 7 heteroatoms. The Morgan fingerprint density at radius 1 is 1.53 bits per heavy atom. The molecule has 0 saturated carbocycles. The van der Waals surface area contributed by atoms with Crippen molar-refractivity contribution in [1.29, 1.82) is 0 Å². The highest BCUT2D eigenvalue weighted by Crippen LogP contribution is 2.16. The topological polar surface area (TPSA) is 79.3 Å². The summed E-state index contributed by atoms with van der Waals surface area (Å²) in [6.07, 6.45) is 3.90. The van der Waals surface area contributed by atoms with Gasteiger partial charge in [-0.15, -0.1) is 0 Å². The van der Waals surface area contributed by atoms with Crippen molar-refractivity contribution in [3.8, 4) is 0 Å². The number of carbonyl (C=O) groups is 2. The van der Waals surface area contributed by atoms with Gasteiger partial charge in [0.15, 0.2) is 0 Å². The van der Waals surface area contributed by atoms with E-state index in [1.165, 1.54) is 6.92 Å². The number of carboxylic acid groups (broad SMARTS) is 1. The van der Waals surface area contributed by atoms with Gasteiger partial charge in [0, 0.05) is 29.5 Å². The molecule has 19 heavy (non-hydrogen) atoms. The van der Waals surface area contributed by atoms with Gasteiger partial charge in [-0.3, -0.25) is 9.78 Å². The maximum absolute atomic E-state index is 10.9. The molecule has 1 unspecified atom stereocenters. The van der Waals surface area contributed by atoms with Crippen LogP contribution < -0.4 is 5.32 Å². The number of hydrogen-bond donors (Lipinski definition) is 2. The normalized spacial score (nSPS) is 11.9. The summed E-state index contributed by atoms with van der Waals surface area (Å²) in [5, 5.41) is 11.4. The molecule has 0 saturated heterocycles. The van der Waals surface area contributed by atoms with Gasteiger partial charge in [0.25, 0.3) is 0 Å². The number of thioether (sulfide) groups is 1. The number of carbonyl (C=O) groups excluding carboxylic acids is 1. The van der Waals surface area contributed by atoms with Crippen LogP contribution in [0.15, 0.2) is 22.9 Å². The van der Waals surface area contributed by atoms with E-state index in [9.17, 15) is 9.59 Å². The Morgan fingerprint density at radius 2 is 2.26 bits per heavy atom. The Kier molecular flexibility index (Phi) is 6.86. The number of aliphatic carboxylic acids is 1. The smallest absolute Gasteiger partial charge is 0.326 e. The maximum Gasteiger partial charge on any atom is 0.326 e. The van der Waals surface area contributed by atoms with Gasteiger partial charge in [0.2, 0.25) is 5.91 Å². The third kappa shape index (κ3) is 6.58. The van der Waals surface area contributed by atoms with Crippen molar-refractivity contribution in [2.75, 3.05) is 5.75 Å². The molecule has 104 valence electrons. The maximum atomic E-state index is 10.9. The summed E-state index contributed by atoms with van der Waals surface area (Å²) in [5.41, 5.74) is 1.07. The molecular formula is C12H15BrN2O3S. The van der Waals surface area contributed by atoms with Gasteiger partial charge in [-0.05, 0) is 39.7 Å². The summed E-state index contributed by atoms with van der Waals surface area (Å²) >= 11 is 4.96. The molecule has 0 radical (unpaired) electrons. The first kappa shape index (κ1) is 16.0. The minimum atomic E-state index is -1.00. The lowest BCUT2D eigenvalue weighted by molar-refractivity contribution is -0.141. The Labute approximate surface area is 124 Å². The van der Waals surface area contributed by atoms with Crippen LogP contribution >= 0.6 is 27.7 Å². The standard InChI is InChI=1S/C12H15BrN2O3S/c1-8(16)15-11(12(17)18)2-3-19-7-9-4-10(13)6-14-5-9/h4-6,11H,2-3,7H2,1H3,(H,15,16)(H,17,18). The molecule has 0 bridgehead atoms. The van der Waals surface area contributed by atoms with Gasteiger partial charge in [0.1, 0.15) is 6.04 Å². The van der Waals surface area contributed by atoms with Crippen molar-refractivity contribution >= 4 is 39.6 Å². The van der Waals surface area contributed by atoms with E-state index >= 15 is 0 Å². The molecule has 0 spiro atoms. The lowest BCUT2D eigenvalue weighted by atomic mass is 10.2. The summed E-state index contributed by atoms with van der Waals surface area (Å²) in [4.78, 5) is 25.8. The van der Waals surface area contributed by atoms with E-state index in [0.29, 0.717) is 12.2 Å². The average Bonchev–Trinajstić information content (AvgIpc) is 2.32. The Morgan fingerprint density at radius 3 is 2.84 bits per heavy atom. The van der Waals surface area contributed by atoms with Crippen molar-refractivity contribution in [3.63, 3.8) is 0 Å². The predicted octanol–water partition coefficient (Wildman–Crippen LogP) is 2.06. The molecule has 2 N–H and O–H groups in total. The second-order valence-corrected chi connectivity index (χ2v) is 5.96. The zero-order valence-corrected chi connectivity index (χ0v) is 12.8. The SMILES string of the molecule is CC(=O)NC(CCSCc1cncc(Br)c1)C(=O)O. The van der Waals surface area contributed by atoms with E-state index in [4.69, 9.17) is 5.11 Å². The van der Waals surface area contributed by atoms with E-state index in [1.54, 1.807) is 24.2 Å². The first-order valence-corrected chi connectivity index (χ1v) is 7.61. The van der Waals surface area contributed by atoms with E-state index in [2.05, 4.69) is 26.2 Å². The van der Waals surface area contributed by atoms with Gasteiger partial charge in [0.05, 0.1) is 0 Å². The number of nitrogens with zero attached hydrogens (tertiary/aromatic N) is 1. The zero-order chi connectivity index (χ0) is 14.3. The van der Waals surface area contributed by atoms with E-state index in [1.807, 2.05) is 6.07 Å². The number of halogens is 1. The highest BCUT2D eigenvalue weighted by molar-refractivity contribution is 9.10. The van der Waals surface area contributed by atoms with Crippen LogP contribution in [-0.2, 0) is 15.3 Å². The van der Waals surface area contributed by atoms with Crippen LogP contribution in [0.1, 0.15) is 18.9 Å². The summed E-state index contributed by atoms with van der Waals surface area (Å²) in [6, 6.07) is 1.16. The molecule has 1 aromatic heterocycles. The summed E-state index contributed by atoms with van der Waals surface area (Å²) in [7, 11) is 0. The average molecular weight is 347 g/mol. The predicted molar refractivity (Wildman–Crippen MR) is 78.0 cm³/mol. The molecule has 0 aliphatic rings. The fourth-order valence-corrected chi connectivity index (χ4v) is 2.78. The fourth-order valence-electron chi connectivity index (χ4n) is 1.43. The first-order chi connectivity index (χ1) is 8.99. The fraction of sp³-hybridized carbons (Fsp3) is 0.417. The highest BCUT2D eigenvalue weighted by atomic mass is 79.9. The molecule has 0 aliphatic carbocycles. The van der Waals surface area contributed by atoms with Crippen molar-refractivity contribution in [3.05, 3.63) is 28.5 Å². The van der Waals surface area contributed by atoms with E-state index in [0.717, 1.165) is 15.8 Å².